The van der Waals surface area contributed by atoms with Crippen LogP contribution in [0.25, 0.3) is 0 Å². The van der Waals surface area contributed by atoms with Crippen molar-refractivity contribution in [2.75, 3.05) is 5.32 Å². The minimum Gasteiger partial charge on any atom is -0.487 e. The van der Waals surface area contributed by atoms with Crippen LogP contribution in [0.4, 0.5) is 10.5 Å². The van der Waals surface area contributed by atoms with E-state index < -0.39 is 0 Å². The summed E-state index contributed by atoms with van der Waals surface area (Å²) >= 11 is 6.06. The van der Waals surface area contributed by atoms with Crippen LogP contribution in [-0.2, 0) is 13.2 Å². The van der Waals surface area contributed by atoms with E-state index in [1.54, 1.807) is 18.5 Å². The third kappa shape index (κ3) is 5.22. The van der Waals surface area contributed by atoms with E-state index in [4.69, 9.17) is 16.3 Å². The van der Waals surface area contributed by atoms with Crippen molar-refractivity contribution in [3.63, 3.8) is 0 Å². The molecule has 5 nitrogen and oxygen atoms in total. The molecule has 2 aromatic carbocycles. The molecule has 1 heterocycles. The highest BCUT2D eigenvalue weighted by molar-refractivity contribution is 6.32. The molecular weight excluding hydrogens is 350 g/mol. The fourth-order valence-electron chi connectivity index (χ4n) is 2.27. The van der Waals surface area contributed by atoms with E-state index in [0.29, 0.717) is 29.6 Å². The third-order valence-corrected chi connectivity index (χ3v) is 3.93. The predicted octanol–water partition coefficient (Wildman–Crippen LogP) is 4.64. The second kappa shape index (κ2) is 8.87. The van der Waals surface area contributed by atoms with Crippen LogP contribution in [0, 0.1) is 0 Å². The topological polar surface area (TPSA) is 63.2 Å². The Kier molecular flexibility index (Phi) is 6.06. The summed E-state index contributed by atoms with van der Waals surface area (Å²) < 4.78 is 5.69. The van der Waals surface area contributed by atoms with Crippen molar-refractivity contribution in [2.45, 2.75) is 13.2 Å². The van der Waals surface area contributed by atoms with Crippen LogP contribution < -0.4 is 15.4 Å². The van der Waals surface area contributed by atoms with Crippen molar-refractivity contribution >= 4 is 23.3 Å². The molecule has 0 aliphatic rings. The number of pyridine rings is 1. The maximum atomic E-state index is 11.9. The second-order valence-electron chi connectivity index (χ2n) is 5.58. The quantitative estimate of drug-likeness (QED) is 0.667. The lowest BCUT2D eigenvalue weighted by Gasteiger charge is -2.10. The second-order valence-corrected chi connectivity index (χ2v) is 5.99. The van der Waals surface area contributed by atoms with Gasteiger partial charge in [0.2, 0.25) is 0 Å². The number of halogens is 1. The summed E-state index contributed by atoms with van der Waals surface area (Å²) in [6.07, 6.45) is 3.41. The Balaban J connectivity index is 1.48. The van der Waals surface area contributed by atoms with Gasteiger partial charge in [0, 0.05) is 24.6 Å². The van der Waals surface area contributed by atoms with Gasteiger partial charge in [-0.1, -0.05) is 41.9 Å². The van der Waals surface area contributed by atoms with E-state index in [9.17, 15) is 4.79 Å². The summed E-state index contributed by atoms with van der Waals surface area (Å²) in [7, 11) is 0. The molecule has 0 fully saturated rings. The van der Waals surface area contributed by atoms with Crippen molar-refractivity contribution in [3.8, 4) is 5.75 Å². The summed E-state index contributed by atoms with van der Waals surface area (Å²) in [6.45, 7) is 0.820. The van der Waals surface area contributed by atoms with E-state index in [2.05, 4.69) is 15.6 Å². The zero-order valence-corrected chi connectivity index (χ0v) is 14.7. The van der Waals surface area contributed by atoms with Crippen LogP contribution >= 0.6 is 11.6 Å². The van der Waals surface area contributed by atoms with Crippen LogP contribution in [0.3, 0.4) is 0 Å². The van der Waals surface area contributed by atoms with Gasteiger partial charge in [-0.2, -0.15) is 0 Å². The number of amides is 2. The first-order valence-corrected chi connectivity index (χ1v) is 8.48. The van der Waals surface area contributed by atoms with Crippen molar-refractivity contribution in [1.29, 1.82) is 0 Å². The number of carbonyl (C=O) groups is 1. The summed E-state index contributed by atoms with van der Waals surface area (Å²) in [6, 6.07) is 18.3. The van der Waals surface area contributed by atoms with Gasteiger partial charge in [-0.15, -0.1) is 0 Å². The molecule has 132 valence electrons. The van der Waals surface area contributed by atoms with Gasteiger partial charge in [-0.05, 0) is 41.5 Å². The van der Waals surface area contributed by atoms with Gasteiger partial charge < -0.3 is 15.4 Å². The van der Waals surface area contributed by atoms with Gasteiger partial charge in [0.05, 0.1) is 5.02 Å². The normalized spacial score (nSPS) is 10.2. The molecular formula is C20H18ClN3O2. The average molecular weight is 368 g/mol. The van der Waals surface area contributed by atoms with Gasteiger partial charge in [0.1, 0.15) is 12.4 Å². The lowest BCUT2D eigenvalue weighted by atomic mass is 10.2. The Hall–Kier alpha value is -3.05. The highest BCUT2D eigenvalue weighted by Gasteiger charge is 2.03. The summed E-state index contributed by atoms with van der Waals surface area (Å²) in [5.74, 6) is 0.645. The molecule has 0 unspecified atom stereocenters. The molecule has 1 aromatic heterocycles. The number of hydrogen-bond acceptors (Lipinski definition) is 3. The number of para-hydroxylation sites is 1. The minimum absolute atomic E-state index is 0.270. The number of rotatable bonds is 6. The van der Waals surface area contributed by atoms with Crippen LogP contribution in [-0.4, -0.2) is 11.0 Å². The van der Waals surface area contributed by atoms with E-state index in [0.717, 1.165) is 11.1 Å². The average Bonchev–Trinajstić information content (AvgIpc) is 2.68. The van der Waals surface area contributed by atoms with Gasteiger partial charge in [-0.25, -0.2) is 4.79 Å². The Morgan fingerprint density at radius 1 is 1.00 bits per heavy atom. The molecule has 0 saturated heterocycles. The zero-order valence-electron chi connectivity index (χ0n) is 14.0. The summed E-state index contributed by atoms with van der Waals surface area (Å²) in [4.78, 5) is 15.9. The number of anilines is 1. The van der Waals surface area contributed by atoms with Gasteiger partial charge in [0.25, 0.3) is 0 Å². The maximum absolute atomic E-state index is 11.9. The molecule has 2 amide bonds. The Morgan fingerprint density at radius 2 is 1.81 bits per heavy atom. The highest BCUT2D eigenvalue weighted by Crippen LogP contribution is 2.24. The van der Waals surface area contributed by atoms with Crippen LogP contribution in [0.1, 0.15) is 11.1 Å². The molecule has 26 heavy (non-hydrogen) atoms. The first-order valence-electron chi connectivity index (χ1n) is 8.11. The SMILES string of the molecule is O=C(NCc1cccnc1)Nc1ccc(COc2ccccc2Cl)cc1. The van der Waals surface area contributed by atoms with Gasteiger partial charge in [0.15, 0.2) is 0 Å². The Bertz CT molecular complexity index is 854. The molecule has 0 spiro atoms. The molecule has 3 rings (SSSR count). The Morgan fingerprint density at radius 3 is 2.54 bits per heavy atom. The molecule has 0 atom stereocenters. The maximum Gasteiger partial charge on any atom is 0.319 e. The fourth-order valence-corrected chi connectivity index (χ4v) is 2.46. The van der Waals surface area contributed by atoms with Crippen molar-refractivity contribution in [3.05, 3.63) is 89.2 Å². The largest absolute Gasteiger partial charge is 0.487 e. The number of ether oxygens (including phenoxy) is 1. The third-order valence-electron chi connectivity index (χ3n) is 3.62. The standard InChI is InChI=1S/C20H18ClN3O2/c21-18-5-1-2-6-19(18)26-14-15-7-9-17(10-8-15)24-20(25)23-13-16-4-3-11-22-12-16/h1-12H,13-14H2,(H2,23,24,25). The van der Waals surface area contributed by atoms with E-state index in [1.165, 1.54) is 0 Å². The van der Waals surface area contributed by atoms with Gasteiger partial charge in [-0.3, -0.25) is 4.98 Å². The first kappa shape index (κ1) is 17.8. The molecule has 2 N–H and O–H groups in total. The van der Waals surface area contributed by atoms with Crippen LogP contribution in [0.15, 0.2) is 73.1 Å². The molecule has 0 saturated carbocycles. The van der Waals surface area contributed by atoms with E-state index in [1.807, 2.05) is 54.6 Å². The van der Waals surface area contributed by atoms with Crippen molar-refractivity contribution < 1.29 is 9.53 Å². The molecule has 0 aliphatic carbocycles. The molecule has 0 aliphatic heterocycles. The highest BCUT2D eigenvalue weighted by atomic mass is 35.5. The minimum atomic E-state index is -0.270. The van der Waals surface area contributed by atoms with Crippen molar-refractivity contribution in [1.82, 2.24) is 10.3 Å². The number of benzene rings is 2. The van der Waals surface area contributed by atoms with E-state index >= 15 is 0 Å². The van der Waals surface area contributed by atoms with Crippen molar-refractivity contribution in [2.24, 2.45) is 0 Å². The van der Waals surface area contributed by atoms with E-state index in [-0.39, 0.29) is 6.03 Å². The predicted molar refractivity (Wildman–Crippen MR) is 102 cm³/mol. The lowest BCUT2D eigenvalue weighted by Crippen LogP contribution is -2.28. The number of urea groups is 1. The molecule has 6 heteroatoms. The number of nitrogens with zero attached hydrogens (tertiary/aromatic N) is 1. The lowest BCUT2D eigenvalue weighted by molar-refractivity contribution is 0.251. The first-order chi connectivity index (χ1) is 12.7. The summed E-state index contributed by atoms with van der Waals surface area (Å²) in [5, 5.41) is 6.16. The monoisotopic (exact) mass is 367 g/mol. The number of aromatic nitrogens is 1. The summed E-state index contributed by atoms with van der Waals surface area (Å²) in [5.41, 5.74) is 2.62. The molecule has 3 aromatic rings. The zero-order chi connectivity index (χ0) is 18.2. The number of carbonyl (C=O) groups excluding carboxylic acids is 1. The number of nitrogens with one attached hydrogen (secondary N) is 2. The number of hydrogen-bond donors (Lipinski definition) is 2. The van der Waals surface area contributed by atoms with Crippen LogP contribution in [0.2, 0.25) is 5.02 Å². The molecule has 0 radical (unpaired) electrons. The smallest absolute Gasteiger partial charge is 0.319 e. The van der Waals surface area contributed by atoms with Crippen LogP contribution in [0.5, 0.6) is 5.75 Å². The molecule has 0 bridgehead atoms. The van der Waals surface area contributed by atoms with Gasteiger partial charge >= 0.3 is 6.03 Å². The fraction of sp³-hybridized carbons (Fsp3) is 0.100. The Labute approximate surface area is 157 Å².